The van der Waals surface area contributed by atoms with Gasteiger partial charge in [0.25, 0.3) is 5.91 Å². The molecule has 0 bridgehead atoms. The second kappa shape index (κ2) is 13.5. The number of H-pyrrole nitrogens is 1. The number of carbonyl (C=O) groups is 3. The average Bonchev–Trinajstić information content (AvgIpc) is 3.41. The van der Waals surface area contributed by atoms with Crippen molar-refractivity contribution in [2.24, 2.45) is 0 Å². The number of nitrogens with one attached hydrogen (secondary N) is 2. The van der Waals surface area contributed by atoms with Gasteiger partial charge in [0.15, 0.2) is 5.78 Å². The lowest BCUT2D eigenvalue weighted by molar-refractivity contribution is -0.139. The summed E-state index contributed by atoms with van der Waals surface area (Å²) >= 11 is 0. The smallest absolute Gasteiger partial charge is 0.326 e. The van der Waals surface area contributed by atoms with E-state index >= 15 is 0 Å². The average molecular weight is 503 g/mol. The van der Waals surface area contributed by atoms with Crippen LogP contribution in [-0.4, -0.2) is 47.0 Å². The van der Waals surface area contributed by atoms with E-state index in [4.69, 9.17) is 9.47 Å². The van der Waals surface area contributed by atoms with Crippen molar-refractivity contribution >= 4 is 17.7 Å². The van der Waals surface area contributed by atoms with Crippen LogP contribution in [0.5, 0.6) is 11.5 Å². The Bertz CT molecular complexity index is 1230. The molecule has 1 amide bonds. The fraction of sp³-hybridized carbons (Fsp3) is 0.207. The summed E-state index contributed by atoms with van der Waals surface area (Å²) in [5.74, 6) is -0.557. The zero-order valence-corrected chi connectivity index (χ0v) is 20.4. The third-order valence-corrected chi connectivity index (χ3v) is 5.50. The molecule has 192 valence electrons. The van der Waals surface area contributed by atoms with Gasteiger partial charge in [-0.25, -0.2) is 4.79 Å². The molecule has 0 aliphatic carbocycles. The number of amides is 1. The van der Waals surface area contributed by atoms with E-state index in [0.717, 1.165) is 16.9 Å². The summed E-state index contributed by atoms with van der Waals surface area (Å²) in [7, 11) is 0. The van der Waals surface area contributed by atoms with E-state index in [9.17, 15) is 19.5 Å². The number of rotatable bonds is 15. The summed E-state index contributed by atoms with van der Waals surface area (Å²) in [6, 6.07) is 16.3. The van der Waals surface area contributed by atoms with Gasteiger partial charge in [-0.3, -0.25) is 9.59 Å². The van der Waals surface area contributed by atoms with Crippen LogP contribution in [0.25, 0.3) is 0 Å². The number of ketones is 1. The monoisotopic (exact) mass is 502 g/mol. The number of aromatic amines is 1. The maximum Gasteiger partial charge on any atom is 0.326 e. The molecular formula is C29H30N2O6. The minimum atomic E-state index is -1.16. The molecule has 0 unspecified atom stereocenters. The molecule has 3 N–H and O–H groups in total. The molecule has 1 heterocycles. The number of aromatic nitrogens is 1. The van der Waals surface area contributed by atoms with Crippen LogP contribution < -0.4 is 14.8 Å². The lowest BCUT2D eigenvalue weighted by Gasteiger charge is -2.14. The summed E-state index contributed by atoms with van der Waals surface area (Å²) in [4.78, 5) is 39.9. The summed E-state index contributed by atoms with van der Waals surface area (Å²) in [6.07, 6.45) is 4.16. The van der Waals surface area contributed by atoms with Crippen LogP contribution in [0.15, 0.2) is 86.0 Å². The minimum absolute atomic E-state index is 0.0900. The molecule has 0 spiro atoms. The van der Waals surface area contributed by atoms with Crippen molar-refractivity contribution in [2.45, 2.75) is 25.3 Å². The van der Waals surface area contributed by atoms with Gasteiger partial charge >= 0.3 is 5.97 Å². The minimum Gasteiger partial charge on any atom is -0.490 e. The van der Waals surface area contributed by atoms with Gasteiger partial charge in [0.2, 0.25) is 0 Å². The zero-order chi connectivity index (χ0) is 26.6. The summed E-state index contributed by atoms with van der Waals surface area (Å²) < 4.78 is 10.9. The first kappa shape index (κ1) is 27.0. The van der Waals surface area contributed by atoms with E-state index in [-0.39, 0.29) is 30.0 Å². The first-order valence-corrected chi connectivity index (χ1v) is 11.8. The van der Waals surface area contributed by atoms with Gasteiger partial charge in [0, 0.05) is 12.8 Å². The Hall–Kier alpha value is -4.59. The van der Waals surface area contributed by atoms with E-state index in [1.807, 2.05) is 24.3 Å². The normalized spacial score (nSPS) is 11.2. The van der Waals surface area contributed by atoms with Crippen molar-refractivity contribution in [2.75, 3.05) is 13.2 Å². The number of carbonyl (C=O) groups excluding carboxylic acids is 2. The molecule has 1 aromatic heterocycles. The zero-order valence-electron chi connectivity index (χ0n) is 20.4. The highest BCUT2D eigenvalue weighted by atomic mass is 16.5. The maximum absolute atomic E-state index is 12.7. The highest BCUT2D eigenvalue weighted by Crippen LogP contribution is 2.16. The largest absolute Gasteiger partial charge is 0.490 e. The number of ether oxygens (including phenoxy) is 2. The van der Waals surface area contributed by atoms with Gasteiger partial charge in [-0.1, -0.05) is 49.6 Å². The summed E-state index contributed by atoms with van der Waals surface area (Å²) in [6.45, 7) is 7.99. The quantitative estimate of drug-likeness (QED) is 0.210. The molecule has 0 radical (unpaired) electrons. The van der Waals surface area contributed by atoms with Crippen molar-refractivity contribution in [3.05, 3.63) is 108 Å². The maximum atomic E-state index is 12.7. The number of aryl methyl sites for hydroxylation is 1. The molecule has 1 atom stereocenters. The molecule has 0 aliphatic heterocycles. The lowest BCUT2D eigenvalue weighted by Crippen LogP contribution is -2.42. The molecule has 8 nitrogen and oxygen atoms in total. The molecule has 0 aliphatic rings. The second-order valence-corrected chi connectivity index (χ2v) is 8.26. The SMILES string of the molecule is C=CCOc1ccc(CCC(=O)c2ccc(C(=O)N[C@@H](Cc3ccc(OCC=C)cc3)C(=O)O)[nH]2)cc1. The summed E-state index contributed by atoms with van der Waals surface area (Å²) in [5, 5.41) is 12.1. The van der Waals surface area contributed by atoms with Gasteiger partial charge in [0.1, 0.15) is 36.4 Å². The first-order valence-electron chi connectivity index (χ1n) is 11.8. The molecular weight excluding hydrogens is 472 g/mol. The van der Waals surface area contributed by atoms with Crippen molar-refractivity contribution < 1.29 is 29.0 Å². The molecule has 2 aromatic carbocycles. The van der Waals surface area contributed by atoms with E-state index in [0.29, 0.717) is 25.4 Å². The molecule has 0 saturated carbocycles. The lowest BCUT2D eigenvalue weighted by atomic mass is 10.1. The van der Waals surface area contributed by atoms with Crippen LogP contribution in [0.4, 0.5) is 0 Å². The van der Waals surface area contributed by atoms with Crippen LogP contribution in [0.3, 0.4) is 0 Å². The van der Waals surface area contributed by atoms with Gasteiger partial charge < -0.3 is 24.9 Å². The van der Waals surface area contributed by atoms with Crippen molar-refractivity contribution in [1.82, 2.24) is 10.3 Å². The summed E-state index contributed by atoms with van der Waals surface area (Å²) in [5.41, 5.74) is 2.11. The highest BCUT2D eigenvalue weighted by Gasteiger charge is 2.22. The van der Waals surface area contributed by atoms with Crippen LogP contribution in [0.2, 0.25) is 0 Å². The Kier molecular flexibility index (Phi) is 9.84. The number of Topliss-reactive ketones (excluding diaryl/α,β-unsaturated/α-hetero) is 1. The first-order chi connectivity index (χ1) is 17.9. The Labute approximate surface area is 215 Å². The number of carboxylic acid groups (broad SMARTS) is 1. The van der Waals surface area contributed by atoms with Crippen LogP contribution in [-0.2, 0) is 17.6 Å². The number of benzene rings is 2. The molecule has 37 heavy (non-hydrogen) atoms. The van der Waals surface area contributed by atoms with E-state index in [2.05, 4.69) is 23.5 Å². The van der Waals surface area contributed by atoms with E-state index in [1.165, 1.54) is 12.1 Å². The standard InChI is InChI=1S/C29H30N2O6/c1-3-17-36-22-10-5-20(6-11-22)9-16-27(32)24-14-15-25(30-24)28(33)31-26(29(34)35)19-21-7-12-23(13-8-21)37-18-4-2/h3-8,10-15,26,30H,1-2,9,16-19H2,(H,31,33)(H,34,35)/t26-/m0/s1. The number of hydrogen-bond donors (Lipinski definition) is 3. The fourth-order valence-electron chi connectivity index (χ4n) is 3.54. The Morgan fingerprint density at radius 3 is 1.92 bits per heavy atom. The topological polar surface area (TPSA) is 118 Å². The number of aliphatic carboxylic acids is 1. The third kappa shape index (κ3) is 8.24. The van der Waals surface area contributed by atoms with Gasteiger partial charge in [0.05, 0.1) is 5.69 Å². The van der Waals surface area contributed by atoms with Crippen molar-refractivity contribution in [1.29, 1.82) is 0 Å². The van der Waals surface area contributed by atoms with Gasteiger partial charge in [-0.05, 0) is 53.9 Å². The second-order valence-electron chi connectivity index (χ2n) is 8.26. The van der Waals surface area contributed by atoms with Crippen LogP contribution in [0.1, 0.15) is 38.5 Å². The molecule has 8 heteroatoms. The Balaban J connectivity index is 1.54. The molecule has 3 rings (SSSR count). The Morgan fingerprint density at radius 2 is 1.38 bits per heavy atom. The predicted octanol–water partition coefficient (Wildman–Crippen LogP) is 4.39. The molecule has 0 saturated heterocycles. The van der Waals surface area contributed by atoms with Gasteiger partial charge in [-0.15, -0.1) is 0 Å². The van der Waals surface area contributed by atoms with Crippen LogP contribution in [0, 0.1) is 0 Å². The van der Waals surface area contributed by atoms with Crippen molar-refractivity contribution in [3.63, 3.8) is 0 Å². The van der Waals surface area contributed by atoms with Gasteiger partial charge in [-0.2, -0.15) is 0 Å². The molecule has 3 aromatic rings. The third-order valence-electron chi connectivity index (χ3n) is 5.50. The number of carboxylic acids is 1. The van der Waals surface area contributed by atoms with E-state index in [1.54, 1.807) is 36.4 Å². The highest BCUT2D eigenvalue weighted by molar-refractivity contribution is 5.99. The van der Waals surface area contributed by atoms with Crippen molar-refractivity contribution in [3.8, 4) is 11.5 Å². The Morgan fingerprint density at radius 1 is 0.838 bits per heavy atom. The fourth-order valence-corrected chi connectivity index (χ4v) is 3.54. The molecule has 0 fully saturated rings. The predicted molar refractivity (Wildman–Crippen MR) is 140 cm³/mol. The van der Waals surface area contributed by atoms with E-state index < -0.39 is 17.9 Å². The number of hydrogen-bond acceptors (Lipinski definition) is 5. The van der Waals surface area contributed by atoms with Crippen LogP contribution >= 0.6 is 0 Å².